The van der Waals surface area contributed by atoms with Crippen LogP contribution in [0.5, 0.6) is 0 Å². The number of carboxylic acids is 1. The van der Waals surface area contributed by atoms with Crippen molar-refractivity contribution in [3.05, 3.63) is 18.0 Å². The predicted molar refractivity (Wildman–Crippen MR) is 51.7 cm³/mol. The standard InChI is InChI=1S/C9H15N3O2/c1-2-12-8(5-6-11-12)7(10)3-4-9(13)14/h5-7H,2-4,10H2,1H3,(H,13,14). The molecule has 0 aliphatic heterocycles. The molecule has 0 saturated heterocycles. The zero-order chi connectivity index (χ0) is 10.6. The van der Waals surface area contributed by atoms with Crippen LogP contribution in [0.2, 0.25) is 0 Å². The van der Waals surface area contributed by atoms with Crippen molar-refractivity contribution >= 4 is 5.97 Å². The van der Waals surface area contributed by atoms with Crippen LogP contribution in [-0.4, -0.2) is 20.9 Å². The molecule has 0 radical (unpaired) electrons. The van der Waals surface area contributed by atoms with Gasteiger partial charge in [0.25, 0.3) is 0 Å². The Balaban J connectivity index is 2.59. The summed E-state index contributed by atoms with van der Waals surface area (Å²) in [6.07, 6.45) is 2.22. The summed E-state index contributed by atoms with van der Waals surface area (Å²) in [6, 6.07) is 1.59. The Morgan fingerprint density at radius 2 is 2.50 bits per heavy atom. The van der Waals surface area contributed by atoms with Gasteiger partial charge in [0, 0.05) is 25.2 Å². The summed E-state index contributed by atoms with van der Waals surface area (Å²) in [4.78, 5) is 10.3. The molecule has 14 heavy (non-hydrogen) atoms. The largest absolute Gasteiger partial charge is 0.481 e. The first kappa shape index (κ1) is 10.7. The van der Waals surface area contributed by atoms with Gasteiger partial charge in [-0.2, -0.15) is 5.10 Å². The molecular weight excluding hydrogens is 182 g/mol. The fourth-order valence-electron chi connectivity index (χ4n) is 1.35. The highest BCUT2D eigenvalue weighted by atomic mass is 16.4. The molecule has 1 aromatic rings. The number of aromatic nitrogens is 2. The Bertz CT molecular complexity index is 309. The Kier molecular flexibility index (Phi) is 3.64. The van der Waals surface area contributed by atoms with E-state index in [1.165, 1.54) is 0 Å². The molecule has 5 heteroatoms. The summed E-state index contributed by atoms with van der Waals surface area (Å²) >= 11 is 0. The highest BCUT2D eigenvalue weighted by Crippen LogP contribution is 2.14. The van der Waals surface area contributed by atoms with Crippen LogP contribution in [0.15, 0.2) is 12.3 Å². The van der Waals surface area contributed by atoms with Crippen LogP contribution in [0, 0.1) is 0 Å². The summed E-state index contributed by atoms with van der Waals surface area (Å²) in [7, 11) is 0. The molecule has 1 rings (SSSR count). The Morgan fingerprint density at radius 3 is 3.07 bits per heavy atom. The molecule has 0 aliphatic carbocycles. The molecule has 1 heterocycles. The third-order valence-electron chi connectivity index (χ3n) is 2.10. The quantitative estimate of drug-likeness (QED) is 0.730. The second kappa shape index (κ2) is 4.76. The maximum atomic E-state index is 10.3. The lowest BCUT2D eigenvalue weighted by atomic mass is 10.1. The smallest absolute Gasteiger partial charge is 0.303 e. The molecule has 1 atom stereocenters. The van der Waals surface area contributed by atoms with Gasteiger partial charge in [-0.25, -0.2) is 0 Å². The van der Waals surface area contributed by atoms with Crippen LogP contribution >= 0.6 is 0 Å². The molecule has 1 unspecified atom stereocenters. The first-order chi connectivity index (χ1) is 6.65. The van der Waals surface area contributed by atoms with E-state index in [9.17, 15) is 4.79 Å². The third-order valence-corrected chi connectivity index (χ3v) is 2.10. The van der Waals surface area contributed by atoms with E-state index in [1.54, 1.807) is 10.9 Å². The summed E-state index contributed by atoms with van der Waals surface area (Å²) in [5, 5.41) is 12.6. The molecule has 5 nitrogen and oxygen atoms in total. The second-order valence-electron chi connectivity index (χ2n) is 3.11. The van der Waals surface area contributed by atoms with Crippen molar-refractivity contribution in [1.82, 2.24) is 9.78 Å². The third kappa shape index (κ3) is 2.56. The van der Waals surface area contributed by atoms with Crippen molar-refractivity contribution in [3.8, 4) is 0 Å². The van der Waals surface area contributed by atoms with E-state index in [1.807, 2.05) is 13.0 Å². The van der Waals surface area contributed by atoms with E-state index in [4.69, 9.17) is 10.8 Å². The predicted octanol–water partition coefficient (Wildman–Crippen LogP) is 0.768. The number of aryl methyl sites for hydroxylation is 1. The van der Waals surface area contributed by atoms with Crippen molar-refractivity contribution in [2.75, 3.05) is 0 Å². The van der Waals surface area contributed by atoms with Gasteiger partial charge in [-0.05, 0) is 19.4 Å². The number of hydrogen-bond acceptors (Lipinski definition) is 3. The fraction of sp³-hybridized carbons (Fsp3) is 0.556. The first-order valence-electron chi connectivity index (χ1n) is 4.64. The zero-order valence-electron chi connectivity index (χ0n) is 8.18. The zero-order valence-corrected chi connectivity index (χ0v) is 8.18. The van der Waals surface area contributed by atoms with Crippen molar-refractivity contribution in [3.63, 3.8) is 0 Å². The van der Waals surface area contributed by atoms with Gasteiger partial charge in [-0.15, -0.1) is 0 Å². The van der Waals surface area contributed by atoms with Crippen LogP contribution in [0.4, 0.5) is 0 Å². The van der Waals surface area contributed by atoms with Gasteiger partial charge in [0.15, 0.2) is 0 Å². The van der Waals surface area contributed by atoms with Crippen LogP contribution in [0.25, 0.3) is 0 Å². The van der Waals surface area contributed by atoms with E-state index < -0.39 is 5.97 Å². The van der Waals surface area contributed by atoms with E-state index in [-0.39, 0.29) is 12.5 Å². The molecule has 78 valence electrons. The molecule has 0 aliphatic rings. The lowest BCUT2D eigenvalue weighted by Gasteiger charge is -2.11. The van der Waals surface area contributed by atoms with Crippen LogP contribution < -0.4 is 5.73 Å². The maximum Gasteiger partial charge on any atom is 0.303 e. The number of rotatable bonds is 5. The van der Waals surface area contributed by atoms with E-state index >= 15 is 0 Å². The van der Waals surface area contributed by atoms with Crippen LogP contribution in [-0.2, 0) is 11.3 Å². The highest BCUT2D eigenvalue weighted by Gasteiger charge is 2.12. The Labute approximate surface area is 82.5 Å². The van der Waals surface area contributed by atoms with Gasteiger partial charge < -0.3 is 10.8 Å². The molecule has 0 bridgehead atoms. The second-order valence-corrected chi connectivity index (χ2v) is 3.11. The maximum absolute atomic E-state index is 10.3. The number of nitrogens with zero attached hydrogens (tertiary/aromatic N) is 2. The van der Waals surface area contributed by atoms with E-state index in [2.05, 4.69) is 5.10 Å². The summed E-state index contributed by atoms with van der Waals surface area (Å²) in [5.74, 6) is -0.817. The average molecular weight is 197 g/mol. The highest BCUT2D eigenvalue weighted by molar-refractivity contribution is 5.66. The van der Waals surface area contributed by atoms with Gasteiger partial charge >= 0.3 is 5.97 Å². The van der Waals surface area contributed by atoms with Gasteiger partial charge in [-0.1, -0.05) is 0 Å². The van der Waals surface area contributed by atoms with E-state index in [0.717, 1.165) is 12.2 Å². The van der Waals surface area contributed by atoms with Crippen molar-refractivity contribution in [1.29, 1.82) is 0 Å². The van der Waals surface area contributed by atoms with Crippen molar-refractivity contribution < 1.29 is 9.90 Å². The minimum atomic E-state index is -0.817. The minimum absolute atomic E-state index is 0.0933. The number of hydrogen-bond donors (Lipinski definition) is 2. The normalized spacial score (nSPS) is 12.7. The number of nitrogens with two attached hydrogens (primary N) is 1. The summed E-state index contributed by atoms with van der Waals surface area (Å²) in [6.45, 7) is 2.73. The number of carbonyl (C=O) groups is 1. The van der Waals surface area contributed by atoms with Crippen LogP contribution in [0.3, 0.4) is 0 Å². The lowest BCUT2D eigenvalue weighted by molar-refractivity contribution is -0.137. The van der Waals surface area contributed by atoms with E-state index in [0.29, 0.717) is 6.42 Å². The number of carboxylic acid groups (broad SMARTS) is 1. The van der Waals surface area contributed by atoms with Gasteiger partial charge in [0.2, 0.25) is 0 Å². The van der Waals surface area contributed by atoms with Gasteiger partial charge in [0.1, 0.15) is 0 Å². The van der Waals surface area contributed by atoms with Crippen molar-refractivity contribution in [2.24, 2.45) is 5.73 Å². The minimum Gasteiger partial charge on any atom is -0.481 e. The number of aliphatic carboxylic acids is 1. The fourth-order valence-corrected chi connectivity index (χ4v) is 1.35. The summed E-state index contributed by atoms with van der Waals surface area (Å²) < 4.78 is 1.78. The van der Waals surface area contributed by atoms with Gasteiger partial charge in [-0.3, -0.25) is 9.48 Å². The molecule has 0 saturated carbocycles. The molecular formula is C9H15N3O2. The van der Waals surface area contributed by atoms with Gasteiger partial charge in [0.05, 0.1) is 5.69 Å². The summed E-state index contributed by atoms with van der Waals surface area (Å²) in [5.41, 5.74) is 6.74. The monoisotopic (exact) mass is 197 g/mol. The Morgan fingerprint density at radius 1 is 1.79 bits per heavy atom. The molecule has 0 spiro atoms. The SMILES string of the molecule is CCn1nccc1C(N)CCC(=O)O. The molecule has 3 N–H and O–H groups in total. The lowest BCUT2D eigenvalue weighted by Crippen LogP contribution is -2.17. The molecule has 0 aromatic carbocycles. The van der Waals surface area contributed by atoms with Crippen LogP contribution in [0.1, 0.15) is 31.5 Å². The molecule has 0 amide bonds. The van der Waals surface area contributed by atoms with Crippen molar-refractivity contribution in [2.45, 2.75) is 32.4 Å². The Hall–Kier alpha value is -1.36. The molecule has 1 aromatic heterocycles. The first-order valence-corrected chi connectivity index (χ1v) is 4.64. The topological polar surface area (TPSA) is 81.1 Å². The molecule has 0 fully saturated rings. The average Bonchev–Trinajstić information content (AvgIpc) is 2.61.